The second-order valence-corrected chi connectivity index (χ2v) is 7.51. The molecule has 0 fully saturated rings. The van der Waals surface area contributed by atoms with Gasteiger partial charge in [0.2, 0.25) is 5.91 Å². The first-order chi connectivity index (χ1) is 13.9. The van der Waals surface area contributed by atoms with E-state index in [2.05, 4.69) is 5.32 Å². The highest BCUT2D eigenvalue weighted by atomic mass is 35.5. The van der Waals surface area contributed by atoms with Crippen molar-refractivity contribution in [1.82, 2.24) is 5.32 Å². The lowest BCUT2D eigenvalue weighted by atomic mass is 9.99. The van der Waals surface area contributed by atoms with Crippen LogP contribution in [-0.2, 0) is 4.79 Å². The predicted octanol–water partition coefficient (Wildman–Crippen LogP) is 6.73. The minimum absolute atomic E-state index is 0.125. The van der Waals surface area contributed by atoms with Crippen LogP contribution in [0.2, 0.25) is 10.0 Å². The molecule has 0 spiro atoms. The summed E-state index contributed by atoms with van der Waals surface area (Å²) < 4.78 is 11.6. The molecular formula is C23H23Cl2NO3. The zero-order valence-electron chi connectivity index (χ0n) is 16.6. The van der Waals surface area contributed by atoms with Crippen LogP contribution in [0.5, 0.6) is 5.75 Å². The molecule has 29 heavy (non-hydrogen) atoms. The first-order valence-corrected chi connectivity index (χ1v) is 10.3. The van der Waals surface area contributed by atoms with E-state index < -0.39 is 0 Å². The predicted molar refractivity (Wildman–Crippen MR) is 120 cm³/mol. The van der Waals surface area contributed by atoms with E-state index in [1.807, 2.05) is 39.0 Å². The Balaban J connectivity index is 2.12. The van der Waals surface area contributed by atoms with Gasteiger partial charge in [-0.05, 0) is 44.0 Å². The quantitative estimate of drug-likeness (QED) is 0.421. The number of amides is 1. The van der Waals surface area contributed by atoms with Crippen LogP contribution in [0.25, 0.3) is 27.7 Å². The molecule has 0 radical (unpaired) electrons. The Morgan fingerprint density at radius 1 is 1.17 bits per heavy atom. The third-order valence-corrected chi connectivity index (χ3v) is 5.07. The molecule has 0 aliphatic carbocycles. The van der Waals surface area contributed by atoms with Gasteiger partial charge in [-0.1, -0.05) is 36.2 Å². The highest BCUT2D eigenvalue weighted by Crippen LogP contribution is 2.40. The fourth-order valence-corrected chi connectivity index (χ4v) is 3.64. The van der Waals surface area contributed by atoms with Crippen LogP contribution in [0.4, 0.5) is 0 Å². The van der Waals surface area contributed by atoms with Crippen LogP contribution in [0.3, 0.4) is 0 Å². The maximum Gasteiger partial charge on any atom is 0.244 e. The van der Waals surface area contributed by atoms with Gasteiger partial charge >= 0.3 is 0 Å². The maximum atomic E-state index is 12.2. The summed E-state index contributed by atoms with van der Waals surface area (Å²) in [6.45, 7) is 6.97. The van der Waals surface area contributed by atoms with E-state index in [1.54, 1.807) is 24.5 Å². The molecule has 152 valence electrons. The van der Waals surface area contributed by atoms with Crippen molar-refractivity contribution in [2.75, 3.05) is 13.2 Å². The summed E-state index contributed by atoms with van der Waals surface area (Å²) in [5.74, 6) is 0.542. The lowest BCUT2D eigenvalue weighted by Gasteiger charge is -2.12. The average molecular weight is 432 g/mol. The molecule has 2 aromatic carbocycles. The summed E-state index contributed by atoms with van der Waals surface area (Å²) in [4.78, 5) is 12.2. The molecule has 3 rings (SSSR count). The number of hydrogen-bond acceptors (Lipinski definition) is 3. The number of halogens is 2. The lowest BCUT2D eigenvalue weighted by molar-refractivity contribution is -0.116. The van der Waals surface area contributed by atoms with E-state index in [0.29, 0.717) is 34.5 Å². The topological polar surface area (TPSA) is 51.5 Å². The van der Waals surface area contributed by atoms with Crippen molar-refractivity contribution in [2.45, 2.75) is 27.2 Å². The Labute approximate surface area is 180 Å². The Kier molecular flexibility index (Phi) is 6.88. The normalized spacial score (nSPS) is 11.7. The van der Waals surface area contributed by atoms with Gasteiger partial charge in [-0.15, -0.1) is 0 Å². The largest absolute Gasteiger partial charge is 0.493 e. The second kappa shape index (κ2) is 9.38. The molecule has 0 unspecified atom stereocenters. The third kappa shape index (κ3) is 4.77. The Morgan fingerprint density at radius 3 is 2.66 bits per heavy atom. The number of hydrogen-bond donors (Lipinski definition) is 1. The molecular weight excluding hydrogens is 409 g/mol. The zero-order chi connectivity index (χ0) is 21.0. The van der Waals surface area contributed by atoms with Gasteiger partial charge in [0.1, 0.15) is 11.3 Å². The second-order valence-electron chi connectivity index (χ2n) is 6.67. The number of furan rings is 1. The first-order valence-electron chi connectivity index (χ1n) is 9.54. The van der Waals surface area contributed by atoms with Gasteiger partial charge in [0, 0.05) is 45.8 Å². The molecule has 1 N–H and O–H groups in total. The van der Waals surface area contributed by atoms with Gasteiger partial charge in [-0.25, -0.2) is 0 Å². The van der Waals surface area contributed by atoms with Gasteiger partial charge in [0.05, 0.1) is 17.9 Å². The van der Waals surface area contributed by atoms with Gasteiger partial charge in [0.15, 0.2) is 0 Å². The molecule has 0 atom stereocenters. The Hall–Kier alpha value is -2.43. The lowest BCUT2D eigenvalue weighted by Crippen LogP contribution is -2.21. The maximum absolute atomic E-state index is 12.2. The fraction of sp³-hybridized carbons (Fsp3) is 0.261. The first kappa shape index (κ1) is 21.3. The molecule has 6 heteroatoms. The molecule has 3 aromatic rings. The van der Waals surface area contributed by atoms with Crippen molar-refractivity contribution in [1.29, 1.82) is 0 Å². The van der Waals surface area contributed by atoms with Gasteiger partial charge in [-0.3, -0.25) is 4.79 Å². The highest BCUT2D eigenvalue weighted by molar-refractivity contribution is 6.36. The van der Waals surface area contributed by atoms with Crippen molar-refractivity contribution in [3.8, 4) is 16.9 Å². The number of carbonyl (C=O) groups excluding carboxylic acids is 1. The van der Waals surface area contributed by atoms with Gasteiger partial charge in [0.25, 0.3) is 0 Å². The van der Waals surface area contributed by atoms with Crippen molar-refractivity contribution in [3.05, 3.63) is 58.3 Å². The van der Waals surface area contributed by atoms with Crippen molar-refractivity contribution < 1.29 is 13.9 Å². The molecule has 1 heterocycles. The number of nitrogens with one attached hydrogen (secondary N) is 1. The molecule has 4 nitrogen and oxygen atoms in total. The molecule has 1 aromatic heterocycles. The molecule has 0 aliphatic heterocycles. The van der Waals surface area contributed by atoms with Crippen LogP contribution in [0.1, 0.15) is 32.8 Å². The Bertz CT molecular complexity index is 1070. The van der Waals surface area contributed by atoms with Crippen LogP contribution in [-0.4, -0.2) is 19.1 Å². The number of benzene rings is 2. The summed E-state index contributed by atoms with van der Waals surface area (Å²) in [6.07, 6.45) is 4.15. The smallest absolute Gasteiger partial charge is 0.244 e. The van der Waals surface area contributed by atoms with E-state index in [9.17, 15) is 4.79 Å². The summed E-state index contributed by atoms with van der Waals surface area (Å²) in [5.41, 5.74) is 4.00. The molecule has 0 aliphatic rings. The SMILES string of the molecule is CCCNC(=O)/C=C(\C)c1cc2c(-c3ccc(Cl)cc3Cl)coc2cc1OCC. The zero-order valence-corrected chi connectivity index (χ0v) is 18.2. The molecule has 0 saturated carbocycles. The fourth-order valence-electron chi connectivity index (χ4n) is 3.13. The monoisotopic (exact) mass is 431 g/mol. The van der Waals surface area contributed by atoms with Crippen LogP contribution in [0, 0.1) is 0 Å². The average Bonchev–Trinajstić information content (AvgIpc) is 3.08. The van der Waals surface area contributed by atoms with Crippen molar-refractivity contribution >= 4 is 45.7 Å². The van der Waals surface area contributed by atoms with E-state index in [0.717, 1.165) is 34.1 Å². The van der Waals surface area contributed by atoms with Crippen LogP contribution < -0.4 is 10.1 Å². The summed E-state index contributed by atoms with van der Waals surface area (Å²) in [7, 11) is 0. The highest BCUT2D eigenvalue weighted by Gasteiger charge is 2.16. The minimum Gasteiger partial charge on any atom is -0.493 e. The van der Waals surface area contributed by atoms with E-state index >= 15 is 0 Å². The minimum atomic E-state index is -0.125. The summed E-state index contributed by atoms with van der Waals surface area (Å²) in [6, 6.07) is 9.19. The van der Waals surface area contributed by atoms with Crippen LogP contribution >= 0.6 is 23.2 Å². The molecule has 0 saturated heterocycles. The number of rotatable bonds is 7. The van der Waals surface area contributed by atoms with Gasteiger partial charge in [-0.2, -0.15) is 0 Å². The summed E-state index contributed by atoms with van der Waals surface area (Å²) in [5, 5.41) is 4.86. The number of fused-ring (bicyclic) bond motifs is 1. The standard InChI is InChI=1S/C23H23Cl2NO3/c1-4-8-26-23(27)9-14(3)17-11-18-19(16-7-6-15(24)10-20(16)25)13-29-22(18)12-21(17)28-5-2/h6-7,9-13H,4-5,8H2,1-3H3,(H,26,27)/b14-9+. The van der Waals surface area contributed by atoms with Crippen molar-refractivity contribution in [3.63, 3.8) is 0 Å². The Morgan fingerprint density at radius 2 is 1.97 bits per heavy atom. The summed E-state index contributed by atoms with van der Waals surface area (Å²) >= 11 is 12.4. The number of ether oxygens (including phenoxy) is 1. The molecule has 0 bridgehead atoms. The van der Waals surface area contributed by atoms with Gasteiger partial charge < -0.3 is 14.5 Å². The van der Waals surface area contributed by atoms with E-state index in [-0.39, 0.29) is 5.91 Å². The number of carbonyl (C=O) groups is 1. The van der Waals surface area contributed by atoms with Crippen LogP contribution in [0.15, 0.2) is 47.1 Å². The van der Waals surface area contributed by atoms with Crippen molar-refractivity contribution in [2.24, 2.45) is 0 Å². The molecule has 1 amide bonds. The third-order valence-electron chi connectivity index (χ3n) is 4.52. The van der Waals surface area contributed by atoms with E-state index in [4.69, 9.17) is 32.4 Å². The van der Waals surface area contributed by atoms with E-state index in [1.165, 1.54) is 0 Å². The number of allylic oxidation sites excluding steroid dienone is 1.